The molecule has 0 aliphatic carbocycles. The molecule has 182 valence electrons. The molecule has 0 saturated heterocycles. The molecule has 2 rings (SSSR count). The van der Waals surface area contributed by atoms with Gasteiger partial charge in [-0.3, -0.25) is 0 Å². The molecule has 0 fully saturated rings. The first-order valence-electron chi connectivity index (χ1n) is 12.9. The smallest absolute Gasteiger partial charge is 0.339 e. The molecule has 2 aromatic carbocycles. The van der Waals surface area contributed by atoms with E-state index in [9.17, 15) is 15.0 Å². The second kappa shape index (κ2) is 16.2. The number of ether oxygens (including phenoxy) is 1. The van der Waals surface area contributed by atoms with Crippen LogP contribution in [0.4, 0.5) is 0 Å². The number of phenols is 1. The number of hydrogen-bond donors (Lipinski definition) is 2. The zero-order valence-corrected chi connectivity index (χ0v) is 20.4. The van der Waals surface area contributed by atoms with Crippen molar-refractivity contribution in [1.82, 2.24) is 0 Å². The van der Waals surface area contributed by atoms with Crippen LogP contribution in [0.2, 0.25) is 0 Å². The van der Waals surface area contributed by atoms with Crippen molar-refractivity contribution >= 4 is 5.97 Å². The Morgan fingerprint density at radius 3 is 1.91 bits per heavy atom. The summed E-state index contributed by atoms with van der Waals surface area (Å²) in [7, 11) is 0. The largest absolute Gasteiger partial charge is 0.507 e. The van der Waals surface area contributed by atoms with Gasteiger partial charge in [-0.15, -0.1) is 0 Å². The number of carboxylic acid groups (broad SMARTS) is 1. The topological polar surface area (TPSA) is 66.8 Å². The standard InChI is InChI=1S/C29H42O4/c1-2-3-4-5-6-7-8-9-10-11-12-13-23-33-26-21-18-24(19-22-26)17-20-25-15-14-16-27(30)28(25)29(31)32/h14-16,18-19,21-22,30H,2-13,17,20,23H2,1H3,(H,31,32). The van der Waals surface area contributed by atoms with E-state index >= 15 is 0 Å². The van der Waals surface area contributed by atoms with Crippen LogP contribution in [-0.4, -0.2) is 22.8 Å². The summed E-state index contributed by atoms with van der Waals surface area (Å²) in [6.45, 7) is 3.02. The first kappa shape index (κ1) is 26.8. The summed E-state index contributed by atoms with van der Waals surface area (Å²) in [5.41, 5.74) is 1.77. The molecule has 0 bridgehead atoms. The van der Waals surface area contributed by atoms with E-state index in [0.29, 0.717) is 18.4 Å². The fourth-order valence-corrected chi connectivity index (χ4v) is 4.21. The maximum absolute atomic E-state index is 11.4. The van der Waals surface area contributed by atoms with Crippen LogP contribution in [0.3, 0.4) is 0 Å². The van der Waals surface area contributed by atoms with Gasteiger partial charge in [0.05, 0.1) is 6.61 Å². The van der Waals surface area contributed by atoms with E-state index in [-0.39, 0.29) is 11.3 Å². The van der Waals surface area contributed by atoms with Crippen molar-refractivity contribution in [3.05, 3.63) is 59.2 Å². The normalized spacial score (nSPS) is 10.9. The van der Waals surface area contributed by atoms with Gasteiger partial charge in [-0.05, 0) is 48.6 Å². The average Bonchev–Trinajstić information content (AvgIpc) is 2.81. The summed E-state index contributed by atoms with van der Waals surface area (Å²) < 4.78 is 5.87. The van der Waals surface area contributed by atoms with Crippen LogP contribution in [0.15, 0.2) is 42.5 Å². The van der Waals surface area contributed by atoms with E-state index in [2.05, 4.69) is 6.92 Å². The first-order valence-corrected chi connectivity index (χ1v) is 12.9. The molecule has 0 saturated carbocycles. The molecule has 2 N–H and O–H groups in total. The van der Waals surface area contributed by atoms with Gasteiger partial charge in [0.25, 0.3) is 0 Å². The lowest BCUT2D eigenvalue weighted by molar-refractivity contribution is 0.0692. The van der Waals surface area contributed by atoms with Crippen molar-refractivity contribution in [3.63, 3.8) is 0 Å². The third-order valence-electron chi connectivity index (χ3n) is 6.22. The molecule has 33 heavy (non-hydrogen) atoms. The number of aromatic hydroxyl groups is 1. The molecule has 2 aromatic rings. The highest BCUT2D eigenvalue weighted by atomic mass is 16.5. The Morgan fingerprint density at radius 2 is 1.33 bits per heavy atom. The third kappa shape index (κ3) is 10.8. The molecule has 0 spiro atoms. The van der Waals surface area contributed by atoms with Crippen molar-refractivity contribution in [1.29, 1.82) is 0 Å². The van der Waals surface area contributed by atoms with Crippen molar-refractivity contribution in [2.24, 2.45) is 0 Å². The Hall–Kier alpha value is -2.49. The Bertz CT molecular complexity index is 798. The molecule has 4 heteroatoms. The second-order valence-electron chi connectivity index (χ2n) is 9.00. The van der Waals surface area contributed by atoms with Gasteiger partial charge in [0.1, 0.15) is 17.1 Å². The minimum Gasteiger partial charge on any atom is -0.507 e. The quantitative estimate of drug-likeness (QED) is 0.224. The van der Waals surface area contributed by atoms with Gasteiger partial charge < -0.3 is 14.9 Å². The summed E-state index contributed by atoms with van der Waals surface area (Å²) in [4.78, 5) is 11.4. The summed E-state index contributed by atoms with van der Waals surface area (Å²) in [6, 6.07) is 12.9. The maximum atomic E-state index is 11.4. The highest BCUT2D eigenvalue weighted by molar-refractivity contribution is 5.92. The fourth-order valence-electron chi connectivity index (χ4n) is 4.21. The molecule has 0 amide bonds. The molecular formula is C29H42O4. The Kier molecular flexibility index (Phi) is 13.1. The van der Waals surface area contributed by atoms with E-state index in [1.165, 1.54) is 76.7 Å². The van der Waals surface area contributed by atoms with Crippen LogP contribution in [-0.2, 0) is 12.8 Å². The monoisotopic (exact) mass is 454 g/mol. The van der Waals surface area contributed by atoms with Gasteiger partial charge >= 0.3 is 5.97 Å². The van der Waals surface area contributed by atoms with Crippen molar-refractivity contribution in [3.8, 4) is 11.5 Å². The van der Waals surface area contributed by atoms with E-state index in [4.69, 9.17) is 4.74 Å². The highest BCUT2D eigenvalue weighted by Crippen LogP contribution is 2.23. The minimum atomic E-state index is -1.09. The van der Waals surface area contributed by atoms with Crippen molar-refractivity contribution in [2.75, 3.05) is 6.61 Å². The van der Waals surface area contributed by atoms with E-state index in [1.807, 2.05) is 24.3 Å². The van der Waals surface area contributed by atoms with Crippen LogP contribution >= 0.6 is 0 Å². The zero-order valence-electron chi connectivity index (χ0n) is 20.4. The van der Waals surface area contributed by atoms with Crippen LogP contribution in [0.25, 0.3) is 0 Å². The van der Waals surface area contributed by atoms with Crippen molar-refractivity contribution in [2.45, 2.75) is 96.8 Å². The van der Waals surface area contributed by atoms with Gasteiger partial charge in [-0.2, -0.15) is 0 Å². The number of unbranched alkanes of at least 4 members (excludes halogenated alkanes) is 11. The van der Waals surface area contributed by atoms with Crippen LogP contribution < -0.4 is 4.74 Å². The predicted octanol–water partition coefficient (Wildman–Crippen LogP) is 7.96. The lowest BCUT2D eigenvalue weighted by Gasteiger charge is -2.09. The number of benzene rings is 2. The molecule has 0 radical (unpaired) electrons. The van der Waals surface area contributed by atoms with Gasteiger partial charge in [0.2, 0.25) is 0 Å². The highest BCUT2D eigenvalue weighted by Gasteiger charge is 2.14. The van der Waals surface area contributed by atoms with E-state index < -0.39 is 5.97 Å². The minimum absolute atomic E-state index is 0.000127. The number of aromatic carboxylic acids is 1. The zero-order chi connectivity index (χ0) is 23.7. The van der Waals surface area contributed by atoms with E-state index in [1.54, 1.807) is 12.1 Å². The average molecular weight is 455 g/mol. The number of hydrogen-bond acceptors (Lipinski definition) is 3. The lowest BCUT2D eigenvalue weighted by atomic mass is 9.99. The summed E-state index contributed by atoms with van der Waals surface area (Å²) in [5.74, 6) is -0.392. The first-order chi connectivity index (χ1) is 16.1. The molecule has 0 aliphatic heterocycles. The van der Waals surface area contributed by atoms with Gasteiger partial charge in [0, 0.05) is 0 Å². The number of rotatable bonds is 18. The predicted molar refractivity (Wildman–Crippen MR) is 135 cm³/mol. The second-order valence-corrected chi connectivity index (χ2v) is 9.00. The molecular weight excluding hydrogens is 412 g/mol. The summed E-state index contributed by atoms with van der Waals surface area (Å²) in [5, 5.41) is 19.1. The molecule has 4 nitrogen and oxygen atoms in total. The van der Waals surface area contributed by atoms with E-state index in [0.717, 1.165) is 24.3 Å². The van der Waals surface area contributed by atoms with Crippen LogP contribution in [0, 0.1) is 0 Å². The summed E-state index contributed by atoms with van der Waals surface area (Å²) >= 11 is 0. The molecule has 0 atom stereocenters. The molecule has 0 unspecified atom stereocenters. The third-order valence-corrected chi connectivity index (χ3v) is 6.22. The Morgan fingerprint density at radius 1 is 0.758 bits per heavy atom. The SMILES string of the molecule is CCCCCCCCCCCCCCOc1ccc(CCc2cccc(O)c2C(=O)O)cc1. The number of carboxylic acids is 1. The van der Waals surface area contributed by atoms with Crippen LogP contribution in [0.5, 0.6) is 11.5 Å². The fraction of sp³-hybridized carbons (Fsp3) is 0.552. The van der Waals surface area contributed by atoms with Crippen LogP contribution in [0.1, 0.15) is 105 Å². The number of carbonyl (C=O) groups is 1. The number of aryl methyl sites for hydroxylation is 2. The Balaban J connectivity index is 1.55. The van der Waals surface area contributed by atoms with Gasteiger partial charge in [-0.1, -0.05) is 102 Å². The Labute approximate surface area is 200 Å². The molecule has 0 heterocycles. The molecule has 0 aromatic heterocycles. The van der Waals surface area contributed by atoms with Crippen molar-refractivity contribution < 1.29 is 19.7 Å². The summed E-state index contributed by atoms with van der Waals surface area (Å²) in [6.07, 6.45) is 17.3. The maximum Gasteiger partial charge on any atom is 0.339 e. The van der Waals surface area contributed by atoms with Gasteiger partial charge in [-0.25, -0.2) is 4.79 Å². The molecule has 0 aliphatic rings. The lowest BCUT2D eigenvalue weighted by Crippen LogP contribution is -2.04. The van der Waals surface area contributed by atoms with Gasteiger partial charge in [0.15, 0.2) is 0 Å².